The number of aromatic nitrogens is 2. The second-order valence-electron chi connectivity index (χ2n) is 7.88. The van der Waals surface area contributed by atoms with Gasteiger partial charge in [-0.15, -0.1) is 0 Å². The summed E-state index contributed by atoms with van der Waals surface area (Å²) in [4.78, 5) is 31.8. The highest BCUT2D eigenvalue weighted by atomic mass is 16.2. The lowest BCUT2D eigenvalue weighted by molar-refractivity contribution is 0.0785. The summed E-state index contributed by atoms with van der Waals surface area (Å²) >= 11 is 0. The van der Waals surface area contributed by atoms with E-state index in [-0.39, 0.29) is 11.5 Å². The van der Waals surface area contributed by atoms with Crippen LogP contribution >= 0.6 is 0 Å². The summed E-state index contributed by atoms with van der Waals surface area (Å²) in [5.41, 5.74) is 3.55. The minimum absolute atomic E-state index is 0.00454. The van der Waals surface area contributed by atoms with Crippen molar-refractivity contribution in [3.63, 3.8) is 0 Å². The molecule has 0 saturated carbocycles. The van der Waals surface area contributed by atoms with Crippen LogP contribution in [0.1, 0.15) is 53.5 Å². The third kappa shape index (κ3) is 3.33. The molecule has 0 unspecified atom stereocenters. The van der Waals surface area contributed by atoms with E-state index in [4.69, 9.17) is 0 Å². The average Bonchev–Trinajstić information content (AvgIpc) is 3.16. The number of fused-ring (bicyclic) bond motifs is 2. The second-order valence-corrected chi connectivity index (χ2v) is 7.88. The number of amides is 1. The fraction of sp³-hybridized carbons (Fsp3) is 0.348. The fourth-order valence-corrected chi connectivity index (χ4v) is 3.79. The molecule has 2 heterocycles. The van der Waals surface area contributed by atoms with Gasteiger partial charge in [-0.25, -0.2) is 4.98 Å². The highest BCUT2D eigenvalue weighted by molar-refractivity contribution is 5.97. The first-order valence-corrected chi connectivity index (χ1v) is 9.82. The van der Waals surface area contributed by atoms with Crippen molar-refractivity contribution < 1.29 is 4.79 Å². The zero-order valence-corrected chi connectivity index (χ0v) is 16.6. The topological polar surface area (TPSA) is 55.2 Å². The lowest BCUT2D eigenvalue weighted by Crippen LogP contribution is -2.26. The Morgan fingerprint density at radius 2 is 1.93 bits per heavy atom. The molecule has 0 atom stereocenters. The summed E-state index contributed by atoms with van der Waals surface area (Å²) in [5, 5.41) is 0.578. The molecule has 0 fully saturated rings. The molecule has 0 bridgehead atoms. The lowest BCUT2D eigenvalue weighted by Gasteiger charge is -2.18. The van der Waals surface area contributed by atoms with Crippen molar-refractivity contribution in [1.29, 1.82) is 0 Å². The molecule has 5 heteroatoms. The Labute approximate surface area is 164 Å². The van der Waals surface area contributed by atoms with Gasteiger partial charge in [0, 0.05) is 32.1 Å². The van der Waals surface area contributed by atoms with Crippen LogP contribution in [0.25, 0.3) is 10.9 Å². The third-order valence-electron chi connectivity index (χ3n) is 5.48. The maximum absolute atomic E-state index is 12.9. The van der Waals surface area contributed by atoms with E-state index in [1.165, 1.54) is 5.56 Å². The van der Waals surface area contributed by atoms with Crippen molar-refractivity contribution in [2.75, 3.05) is 7.05 Å². The third-order valence-corrected chi connectivity index (χ3v) is 5.48. The number of benzene rings is 2. The number of hydrogen-bond acceptors (Lipinski definition) is 3. The monoisotopic (exact) mass is 375 g/mol. The van der Waals surface area contributed by atoms with Crippen LogP contribution in [0.2, 0.25) is 0 Å². The molecule has 144 valence electrons. The van der Waals surface area contributed by atoms with Crippen LogP contribution in [0.4, 0.5) is 0 Å². The zero-order chi connectivity index (χ0) is 19.8. The number of nitrogens with zero attached hydrogens (tertiary/aromatic N) is 3. The maximum Gasteiger partial charge on any atom is 0.261 e. The van der Waals surface area contributed by atoms with Crippen LogP contribution in [-0.4, -0.2) is 27.4 Å². The van der Waals surface area contributed by atoms with E-state index in [0.29, 0.717) is 28.9 Å². The van der Waals surface area contributed by atoms with E-state index in [1.807, 2.05) is 0 Å². The van der Waals surface area contributed by atoms with Gasteiger partial charge in [0.15, 0.2) is 0 Å². The van der Waals surface area contributed by atoms with Crippen LogP contribution in [0, 0.1) is 0 Å². The van der Waals surface area contributed by atoms with Gasteiger partial charge in [-0.2, -0.15) is 0 Å². The summed E-state index contributed by atoms with van der Waals surface area (Å²) in [5.74, 6) is 1.24. The standard InChI is InChI=1S/C23H25N3O2/c1-15(2)17-8-6-16(7-9-17)14-25(3)22(27)18-10-11-19-20(13-18)24-21-5-4-12-26(21)23(19)28/h6-11,13,15H,4-5,12,14H2,1-3H3. The molecule has 4 rings (SSSR count). The van der Waals surface area contributed by atoms with E-state index >= 15 is 0 Å². The zero-order valence-electron chi connectivity index (χ0n) is 16.6. The molecule has 28 heavy (non-hydrogen) atoms. The fourth-order valence-electron chi connectivity index (χ4n) is 3.79. The van der Waals surface area contributed by atoms with Gasteiger partial charge >= 0.3 is 0 Å². The summed E-state index contributed by atoms with van der Waals surface area (Å²) in [7, 11) is 1.80. The smallest absolute Gasteiger partial charge is 0.261 e. The number of carbonyl (C=O) groups excluding carboxylic acids is 1. The molecule has 2 aromatic carbocycles. The van der Waals surface area contributed by atoms with Crippen molar-refractivity contribution in [3.05, 3.63) is 75.3 Å². The van der Waals surface area contributed by atoms with E-state index in [1.54, 1.807) is 34.7 Å². The van der Waals surface area contributed by atoms with Crippen LogP contribution in [0.15, 0.2) is 47.3 Å². The van der Waals surface area contributed by atoms with Crippen LogP contribution in [-0.2, 0) is 19.5 Å². The van der Waals surface area contributed by atoms with E-state index in [2.05, 4.69) is 43.1 Å². The molecule has 0 saturated heterocycles. The molecule has 0 N–H and O–H groups in total. The highest BCUT2D eigenvalue weighted by Crippen LogP contribution is 2.19. The number of aryl methyl sites for hydroxylation is 1. The van der Waals surface area contributed by atoms with Crippen LogP contribution in [0.5, 0.6) is 0 Å². The minimum atomic E-state index is -0.0720. The summed E-state index contributed by atoms with van der Waals surface area (Å²) in [6, 6.07) is 13.6. The van der Waals surface area contributed by atoms with Crippen LogP contribution < -0.4 is 5.56 Å². The molecular formula is C23H25N3O2. The maximum atomic E-state index is 12.9. The molecule has 5 nitrogen and oxygen atoms in total. The Morgan fingerprint density at radius 3 is 2.64 bits per heavy atom. The lowest BCUT2D eigenvalue weighted by atomic mass is 10.0. The molecule has 0 aliphatic carbocycles. The van der Waals surface area contributed by atoms with Gasteiger partial charge in [0.25, 0.3) is 11.5 Å². The summed E-state index contributed by atoms with van der Waals surface area (Å²) in [6.45, 7) is 5.60. The normalized spacial score (nSPS) is 13.1. The molecule has 1 aliphatic heterocycles. The Kier molecular flexibility index (Phi) is 4.75. The molecular weight excluding hydrogens is 350 g/mol. The molecule has 1 aliphatic rings. The molecule has 3 aromatic rings. The van der Waals surface area contributed by atoms with Crippen molar-refractivity contribution in [2.24, 2.45) is 0 Å². The SMILES string of the molecule is CC(C)c1ccc(CN(C)C(=O)c2ccc3c(=O)n4c(nc3c2)CCC4)cc1. The Balaban J connectivity index is 1.57. The van der Waals surface area contributed by atoms with Crippen molar-refractivity contribution in [3.8, 4) is 0 Å². The quantitative estimate of drug-likeness (QED) is 0.698. The summed E-state index contributed by atoms with van der Waals surface area (Å²) in [6.07, 6.45) is 1.76. The Morgan fingerprint density at radius 1 is 1.18 bits per heavy atom. The van der Waals surface area contributed by atoms with Crippen LogP contribution in [0.3, 0.4) is 0 Å². The first-order chi connectivity index (χ1) is 13.4. The minimum Gasteiger partial charge on any atom is -0.337 e. The molecule has 0 radical (unpaired) electrons. The summed E-state index contributed by atoms with van der Waals surface area (Å²) < 4.78 is 1.75. The molecule has 1 aromatic heterocycles. The van der Waals surface area contributed by atoms with Crippen molar-refractivity contribution in [2.45, 2.75) is 45.7 Å². The van der Waals surface area contributed by atoms with Crippen molar-refractivity contribution in [1.82, 2.24) is 14.5 Å². The number of hydrogen-bond donors (Lipinski definition) is 0. The molecule has 1 amide bonds. The second kappa shape index (κ2) is 7.23. The Bertz CT molecular complexity index is 1100. The first kappa shape index (κ1) is 18.4. The average molecular weight is 375 g/mol. The first-order valence-electron chi connectivity index (χ1n) is 9.82. The molecule has 0 spiro atoms. The number of carbonyl (C=O) groups is 1. The van der Waals surface area contributed by atoms with Gasteiger partial charge in [0.1, 0.15) is 5.82 Å². The predicted octanol–water partition coefficient (Wildman–Crippen LogP) is 3.74. The Hall–Kier alpha value is -2.95. The van der Waals surface area contributed by atoms with Gasteiger partial charge in [0.05, 0.1) is 10.9 Å². The van der Waals surface area contributed by atoms with Gasteiger partial charge in [-0.3, -0.25) is 14.2 Å². The van der Waals surface area contributed by atoms with Gasteiger partial charge < -0.3 is 4.90 Å². The largest absolute Gasteiger partial charge is 0.337 e. The van der Waals surface area contributed by atoms with E-state index in [9.17, 15) is 9.59 Å². The number of rotatable bonds is 4. The van der Waals surface area contributed by atoms with E-state index < -0.39 is 0 Å². The van der Waals surface area contributed by atoms with Gasteiger partial charge in [-0.05, 0) is 41.7 Å². The van der Waals surface area contributed by atoms with Gasteiger partial charge in [0.2, 0.25) is 0 Å². The van der Waals surface area contributed by atoms with E-state index in [0.717, 1.165) is 30.8 Å². The van der Waals surface area contributed by atoms with Crippen molar-refractivity contribution >= 4 is 16.8 Å². The highest BCUT2D eigenvalue weighted by Gasteiger charge is 2.18. The predicted molar refractivity (Wildman–Crippen MR) is 111 cm³/mol. The van der Waals surface area contributed by atoms with Gasteiger partial charge in [-0.1, -0.05) is 38.1 Å².